The van der Waals surface area contributed by atoms with Crippen LogP contribution in [-0.4, -0.2) is 26.4 Å². The number of amides is 1. The molecule has 1 amide bonds. The summed E-state index contributed by atoms with van der Waals surface area (Å²) in [7, 11) is 0. The molecule has 0 radical (unpaired) electrons. The van der Waals surface area contributed by atoms with Crippen LogP contribution in [0.15, 0.2) is 56.5 Å². The number of aryl methyl sites for hydroxylation is 2. The number of furan rings is 1. The van der Waals surface area contributed by atoms with Crippen LogP contribution in [0.3, 0.4) is 0 Å². The van der Waals surface area contributed by atoms with Crippen LogP contribution in [0.2, 0.25) is 0 Å². The lowest BCUT2D eigenvalue weighted by molar-refractivity contribution is -0.113. The van der Waals surface area contributed by atoms with Gasteiger partial charge in [0.05, 0.1) is 11.4 Å². The molecule has 2 aromatic heterocycles. The van der Waals surface area contributed by atoms with E-state index in [9.17, 15) is 4.79 Å². The Morgan fingerprint density at radius 2 is 1.93 bits per heavy atom. The smallest absolute Gasteiger partial charge is 0.234 e. The highest BCUT2D eigenvalue weighted by Gasteiger charge is 2.18. The van der Waals surface area contributed by atoms with Gasteiger partial charge in [0, 0.05) is 16.4 Å². The average molecular weight is 485 g/mol. The van der Waals surface area contributed by atoms with Gasteiger partial charge in [0.15, 0.2) is 10.9 Å². The minimum atomic E-state index is -0.0973. The summed E-state index contributed by atoms with van der Waals surface area (Å²) in [5.41, 5.74) is 3.88. The number of anilines is 1. The molecule has 0 aliphatic rings. The van der Waals surface area contributed by atoms with Crippen molar-refractivity contribution in [1.29, 1.82) is 0 Å². The highest BCUT2D eigenvalue weighted by molar-refractivity contribution is 9.10. The monoisotopic (exact) mass is 484 g/mol. The summed E-state index contributed by atoms with van der Waals surface area (Å²) < 4.78 is 8.76. The topological polar surface area (TPSA) is 73.0 Å². The van der Waals surface area contributed by atoms with Crippen molar-refractivity contribution in [2.75, 3.05) is 11.1 Å². The number of rotatable bonds is 6. The Kier molecular flexibility index (Phi) is 5.97. The van der Waals surface area contributed by atoms with Gasteiger partial charge in [0.25, 0.3) is 0 Å². The first-order chi connectivity index (χ1) is 14.5. The number of nitrogens with one attached hydrogen (secondary N) is 1. The minimum Gasteiger partial charge on any atom is -0.453 e. The van der Waals surface area contributed by atoms with E-state index in [0.29, 0.717) is 23.3 Å². The van der Waals surface area contributed by atoms with E-state index >= 15 is 0 Å². The molecule has 0 unspecified atom stereocenters. The first-order valence-corrected chi connectivity index (χ1v) is 11.4. The minimum absolute atomic E-state index is 0.0973. The van der Waals surface area contributed by atoms with Gasteiger partial charge in [0.1, 0.15) is 5.58 Å². The Hall–Kier alpha value is -2.58. The summed E-state index contributed by atoms with van der Waals surface area (Å²) in [4.78, 5) is 12.5. The third-order valence-electron chi connectivity index (χ3n) is 4.87. The second-order valence-corrected chi connectivity index (χ2v) is 8.75. The van der Waals surface area contributed by atoms with Crippen molar-refractivity contribution in [3.8, 4) is 11.6 Å². The van der Waals surface area contributed by atoms with Crippen molar-refractivity contribution in [3.05, 3.63) is 58.1 Å². The fourth-order valence-electron chi connectivity index (χ4n) is 3.15. The molecule has 0 fully saturated rings. The Balaban J connectivity index is 1.49. The van der Waals surface area contributed by atoms with E-state index < -0.39 is 0 Å². The van der Waals surface area contributed by atoms with Crippen LogP contribution in [0, 0.1) is 13.8 Å². The number of carbonyl (C=O) groups is 1. The Morgan fingerprint density at radius 1 is 1.17 bits per heavy atom. The first-order valence-electron chi connectivity index (χ1n) is 9.57. The zero-order valence-corrected chi connectivity index (χ0v) is 19.3. The molecule has 154 valence electrons. The number of carbonyl (C=O) groups excluding carboxylic acids is 1. The number of thioether (sulfide) groups is 1. The fourth-order valence-corrected chi connectivity index (χ4v) is 4.51. The molecule has 4 aromatic rings. The van der Waals surface area contributed by atoms with E-state index in [2.05, 4.69) is 31.4 Å². The lowest BCUT2D eigenvalue weighted by Crippen LogP contribution is -2.15. The summed E-state index contributed by atoms with van der Waals surface area (Å²) in [6.45, 7) is 6.76. The van der Waals surface area contributed by atoms with Gasteiger partial charge in [-0.15, -0.1) is 10.2 Å². The maximum absolute atomic E-state index is 12.5. The lowest BCUT2D eigenvalue weighted by Gasteiger charge is -2.10. The third-order valence-corrected chi connectivity index (χ3v) is 6.49. The molecule has 1 N–H and O–H groups in total. The first kappa shape index (κ1) is 20.7. The molecule has 0 saturated carbocycles. The average Bonchev–Trinajstić information content (AvgIpc) is 3.33. The molecular formula is C22H21BrN4O2S. The van der Waals surface area contributed by atoms with Crippen LogP contribution < -0.4 is 5.32 Å². The van der Waals surface area contributed by atoms with E-state index in [1.54, 1.807) is 0 Å². The second kappa shape index (κ2) is 8.65. The Morgan fingerprint density at radius 3 is 2.70 bits per heavy atom. The zero-order chi connectivity index (χ0) is 21.3. The molecule has 0 bridgehead atoms. The zero-order valence-electron chi connectivity index (χ0n) is 16.9. The third kappa shape index (κ3) is 4.15. The van der Waals surface area contributed by atoms with Gasteiger partial charge in [-0.05, 0) is 72.1 Å². The predicted octanol–water partition coefficient (Wildman–Crippen LogP) is 5.82. The largest absolute Gasteiger partial charge is 0.453 e. The second-order valence-electron chi connectivity index (χ2n) is 6.95. The Labute approximate surface area is 187 Å². The number of para-hydroxylation sites is 1. The molecule has 2 heterocycles. The van der Waals surface area contributed by atoms with Crippen molar-refractivity contribution in [1.82, 2.24) is 14.8 Å². The summed E-state index contributed by atoms with van der Waals surface area (Å²) >= 11 is 4.87. The van der Waals surface area contributed by atoms with Gasteiger partial charge in [-0.25, -0.2) is 0 Å². The summed E-state index contributed by atoms with van der Waals surface area (Å²) in [5, 5.41) is 13.3. The molecular weight excluding hydrogens is 464 g/mol. The van der Waals surface area contributed by atoms with E-state index in [4.69, 9.17) is 4.42 Å². The molecule has 0 aliphatic heterocycles. The molecule has 2 aromatic carbocycles. The fraction of sp³-hybridized carbons (Fsp3) is 0.227. The van der Waals surface area contributed by atoms with Crippen molar-refractivity contribution in [3.63, 3.8) is 0 Å². The molecule has 0 aliphatic carbocycles. The molecule has 0 saturated heterocycles. The van der Waals surface area contributed by atoms with Gasteiger partial charge in [-0.1, -0.05) is 30.0 Å². The van der Waals surface area contributed by atoms with Gasteiger partial charge in [-0.3, -0.25) is 9.36 Å². The molecule has 0 atom stereocenters. The molecule has 4 rings (SSSR count). The van der Waals surface area contributed by atoms with E-state index in [-0.39, 0.29) is 11.7 Å². The van der Waals surface area contributed by atoms with Crippen LogP contribution in [-0.2, 0) is 11.3 Å². The van der Waals surface area contributed by atoms with Crippen molar-refractivity contribution in [2.45, 2.75) is 32.5 Å². The Bertz CT molecular complexity index is 1200. The molecule has 30 heavy (non-hydrogen) atoms. The predicted molar refractivity (Wildman–Crippen MR) is 124 cm³/mol. The van der Waals surface area contributed by atoms with E-state index in [1.165, 1.54) is 17.3 Å². The van der Waals surface area contributed by atoms with Gasteiger partial charge >= 0.3 is 0 Å². The van der Waals surface area contributed by atoms with Crippen molar-refractivity contribution < 1.29 is 9.21 Å². The normalized spacial score (nSPS) is 11.2. The van der Waals surface area contributed by atoms with Crippen molar-refractivity contribution >= 4 is 50.3 Å². The van der Waals surface area contributed by atoms with Crippen LogP contribution in [0.1, 0.15) is 18.1 Å². The maximum Gasteiger partial charge on any atom is 0.234 e. The summed E-state index contributed by atoms with van der Waals surface area (Å²) in [6.07, 6.45) is 0. The van der Waals surface area contributed by atoms with Crippen LogP contribution in [0.25, 0.3) is 22.6 Å². The summed E-state index contributed by atoms with van der Waals surface area (Å²) in [6, 6.07) is 13.8. The highest BCUT2D eigenvalue weighted by atomic mass is 79.9. The standard InChI is InChI=1S/C22H21BrN4O2S/c1-4-27-21(19-11-15-7-5-6-8-18(15)29-19)25-26-22(27)30-12-20(28)24-17-10-14(3)13(2)9-16(17)23/h5-11H,4,12H2,1-3H3,(H,24,28). The van der Waals surface area contributed by atoms with Gasteiger partial charge in [-0.2, -0.15) is 0 Å². The van der Waals surface area contributed by atoms with Gasteiger partial charge in [0.2, 0.25) is 11.7 Å². The maximum atomic E-state index is 12.5. The highest BCUT2D eigenvalue weighted by Crippen LogP contribution is 2.30. The number of halogens is 1. The van der Waals surface area contributed by atoms with Crippen LogP contribution >= 0.6 is 27.7 Å². The number of aromatic nitrogens is 3. The van der Waals surface area contributed by atoms with Crippen molar-refractivity contribution in [2.24, 2.45) is 0 Å². The van der Waals surface area contributed by atoms with E-state index in [1.807, 2.05) is 67.8 Å². The summed E-state index contributed by atoms with van der Waals surface area (Å²) in [5.74, 6) is 1.46. The van der Waals surface area contributed by atoms with Crippen LogP contribution in [0.5, 0.6) is 0 Å². The number of hydrogen-bond donors (Lipinski definition) is 1. The number of benzene rings is 2. The molecule has 0 spiro atoms. The van der Waals surface area contributed by atoms with E-state index in [0.717, 1.165) is 26.7 Å². The number of nitrogens with zero attached hydrogens (tertiary/aromatic N) is 3. The molecule has 6 nitrogen and oxygen atoms in total. The SMILES string of the molecule is CCn1c(SCC(=O)Nc2cc(C)c(C)cc2Br)nnc1-c1cc2ccccc2o1. The quantitative estimate of drug-likeness (QED) is 0.349. The molecule has 8 heteroatoms. The lowest BCUT2D eigenvalue weighted by atomic mass is 10.1. The number of hydrogen-bond acceptors (Lipinski definition) is 5. The van der Waals surface area contributed by atoms with Crippen LogP contribution in [0.4, 0.5) is 5.69 Å². The number of fused-ring (bicyclic) bond motifs is 1. The van der Waals surface area contributed by atoms with Gasteiger partial charge < -0.3 is 9.73 Å².